The first-order valence-electron chi connectivity index (χ1n) is 6.87. The van der Waals surface area contributed by atoms with Gasteiger partial charge >= 0.3 is 11.7 Å². The molecule has 24 heavy (non-hydrogen) atoms. The summed E-state index contributed by atoms with van der Waals surface area (Å²) in [5, 5.41) is 8.90. The van der Waals surface area contributed by atoms with E-state index in [4.69, 9.17) is 10.8 Å². The second-order valence-corrected chi connectivity index (χ2v) is 5.05. The van der Waals surface area contributed by atoms with Crippen LogP contribution in [-0.2, 0) is 0 Å². The van der Waals surface area contributed by atoms with Crippen LogP contribution in [0.25, 0.3) is 16.9 Å². The molecule has 8 heteroatoms. The zero-order valence-corrected chi connectivity index (χ0v) is 12.5. The summed E-state index contributed by atoms with van der Waals surface area (Å²) in [6.45, 7) is 1.72. The van der Waals surface area contributed by atoms with Gasteiger partial charge in [-0.25, -0.2) is 14.2 Å². The Kier molecular flexibility index (Phi) is 3.64. The summed E-state index contributed by atoms with van der Waals surface area (Å²) in [7, 11) is 0. The Bertz CT molecular complexity index is 1010. The number of nitrogens with two attached hydrogens (primary N) is 1. The average molecular weight is 329 g/mol. The number of carboxylic acid groups (broad SMARTS) is 1. The Labute approximate surface area is 134 Å². The number of fused-ring (bicyclic) bond motifs is 1. The highest BCUT2D eigenvalue weighted by Gasteiger charge is 2.23. The quantitative estimate of drug-likeness (QED) is 0.552. The highest BCUT2D eigenvalue weighted by Crippen LogP contribution is 2.33. The van der Waals surface area contributed by atoms with Gasteiger partial charge in [0.2, 0.25) is 5.75 Å². The topological polar surface area (TPSA) is 107 Å². The molecule has 0 aliphatic heterocycles. The fourth-order valence-electron chi connectivity index (χ4n) is 2.42. The second-order valence-electron chi connectivity index (χ2n) is 5.05. The molecule has 0 radical (unpaired) electrons. The van der Waals surface area contributed by atoms with Gasteiger partial charge in [0.15, 0.2) is 0 Å². The average Bonchev–Trinajstić information content (AvgIpc) is 2.51. The summed E-state index contributed by atoms with van der Waals surface area (Å²) in [5.74, 6) is -1.35. The lowest BCUT2D eigenvalue weighted by atomic mass is 10.1. The van der Waals surface area contributed by atoms with E-state index in [0.717, 1.165) is 10.5 Å². The van der Waals surface area contributed by atoms with Crippen molar-refractivity contribution in [2.24, 2.45) is 0 Å². The molecule has 0 saturated heterocycles. The lowest BCUT2D eigenvalue weighted by molar-refractivity contribution is 0.144. The van der Waals surface area contributed by atoms with Crippen LogP contribution in [0.2, 0.25) is 0 Å². The van der Waals surface area contributed by atoms with Crippen LogP contribution in [0.15, 0.2) is 41.3 Å². The van der Waals surface area contributed by atoms with Crippen LogP contribution in [0.4, 0.5) is 14.9 Å². The van der Waals surface area contributed by atoms with Gasteiger partial charge in [-0.2, -0.15) is 0 Å². The number of hydrogen-bond donors (Lipinski definition) is 2. The van der Waals surface area contributed by atoms with E-state index in [1.807, 2.05) is 0 Å². The fourth-order valence-corrected chi connectivity index (χ4v) is 2.42. The molecule has 1 aromatic carbocycles. The van der Waals surface area contributed by atoms with E-state index in [9.17, 15) is 14.0 Å². The van der Waals surface area contributed by atoms with Crippen molar-refractivity contribution in [3.8, 4) is 17.0 Å². The number of aromatic nitrogens is 2. The zero-order chi connectivity index (χ0) is 17.4. The number of aryl methyl sites for hydroxylation is 1. The normalized spacial score (nSPS) is 10.8. The third-order valence-electron chi connectivity index (χ3n) is 3.48. The molecule has 2 heterocycles. The second kappa shape index (κ2) is 5.65. The minimum absolute atomic E-state index is 0.00933. The van der Waals surface area contributed by atoms with Gasteiger partial charge in [-0.15, -0.1) is 0 Å². The molecule has 0 bridgehead atoms. The molecule has 3 rings (SSSR count). The number of nitrogen functional groups attached to an aromatic ring is 1. The van der Waals surface area contributed by atoms with E-state index in [0.29, 0.717) is 5.56 Å². The summed E-state index contributed by atoms with van der Waals surface area (Å²) in [6.07, 6.45) is -0.293. The molecule has 2 aromatic heterocycles. The van der Waals surface area contributed by atoms with Crippen LogP contribution in [0, 0.1) is 12.7 Å². The summed E-state index contributed by atoms with van der Waals surface area (Å²) >= 11 is 0. The van der Waals surface area contributed by atoms with Crippen LogP contribution in [-0.4, -0.2) is 20.6 Å². The Balaban J connectivity index is 2.48. The first-order valence-corrected chi connectivity index (χ1v) is 6.87. The minimum atomic E-state index is -1.71. The largest absolute Gasteiger partial charge is 0.511 e. The van der Waals surface area contributed by atoms with Gasteiger partial charge in [-0.1, -0.05) is 12.1 Å². The monoisotopic (exact) mass is 329 g/mol. The number of benzene rings is 1. The van der Waals surface area contributed by atoms with Crippen molar-refractivity contribution in [2.75, 3.05) is 5.73 Å². The van der Waals surface area contributed by atoms with Gasteiger partial charge in [0.05, 0.1) is 5.56 Å². The summed E-state index contributed by atoms with van der Waals surface area (Å²) < 4.78 is 20.0. The molecule has 0 atom stereocenters. The smallest absolute Gasteiger partial charge is 0.449 e. The van der Waals surface area contributed by atoms with Crippen molar-refractivity contribution < 1.29 is 19.0 Å². The van der Waals surface area contributed by atoms with Gasteiger partial charge in [0.1, 0.15) is 17.2 Å². The number of ether oxygens (including phenoxy) is 1. The number of carbonyl (C=O) groups is 1. The highest BCUT2D eigenvalue weighted by atomic mass is 19.1. The number of pyridine rings is 1. The van der Waals surface area contributed by atoms with E-state index < -0.39 is 23.3 Å². The third-order valence-corrected chi connectivity index (χ3v) is 3.48. The number of halogens is 1. The van der Waals surface area contributed by atoms with Crippen molar-refractivity contribution >= 4 is 17.5 Å². The van der Waals surface area contributed by atoms with Crippen molar-refractivity contribution in [1.29, 1.82) is 0 Å². The highest BCUT2D eigenvalue weighted by molar-refractivity contribution is 5.81. The molecule has 3 aromatic rings. The van der Waals surface area contributed by atoms with Gasteiger partial charge in [-0.3, -0.25) is 9.20 Å². The van der Waals surface area contributed by atoms with Crippen LogP contribution < -0.4 is 16.0 Å². The SMILES string of the molecule is Cc1cccn2c(=O)c(OC(=O)O)c(-c3c(N)cccc3F)nc12. The number of anilines is 1. The Morgan fingerprint density at radius 1 is 1.33 bits per heavy atom. The fraction of sp³-hybridized carbons (Fsp3) is 0.0625. The maximum Gasteiger partial charge on any atom is 0.511 e. The molecule has 7 nitrogen and oxygen atoms in total. The predicted octanol–water partition coefficient (Wildman–Crippen LogP) is 2.45. The number of rotatable bonds is 2. The molecule has 0 aliphatic carbocycles. The predicted molar refractivity (Wildman–Crippen MR) is 84.7 cm³/mol. The zero-order valence-electron chi connectivity index (χ0n) is 12.5. The number of nitrogens with zero attached hydrogens (tertiary/aromatic N) is 2. The lowest BCUT2D eigenvalue weighted by Crippen LogP contribution is -2.22. The first kappa shape index (κ1) is 15.5. The molecular weight excluding hydrogens is 317 g/mol. The first-order chi connectivity index (χ1) is 11.4. The maximum absolute atomic E-state index is 14.3. The Morgan fingerprint density at radius 3 is 2.75 bits per heavy atom. The standard InChI is InChI=1S/C16H12FN3O4/c1-8-4-3-7-20-14(8)19-12(13(15(20)21)24-16(22)23)11-9(17)5-2-6-10(11)18/h2-7H,18H2,1H3,(H,22,23). The van der Waals surface area contributed by atoms with Crippen molar-refractivity contribution in [2.45, 2.75) is 6.92 Å². The van der Waals surface area contributed by atoms with Crippen LogP contribution in [0.1, 0.15) is 5.56 Å². The molecule has 0 amide bonds. The van der Waals surface area contributed by atoms with E-state index in [1.54, 1.807) is 19.1 Å². The van der Waals surface area contributed by atoms with E-state index in [-0.39, 0.29) is 22.6 Å². The molecule has 0 unspecified atom stereocenters. The van der Waals surface area contributed by atoms with Gasteiger partial charge in [0, 0.05) is 11.9 Å². The van der Waals surface area contributed by atoms with Crippen molar-refractivity contribution in [3.05, 3.63) is 58.3 Å². The van der Waals surface area contributed by atoms with Gasteiger partial charge < -0.3 is 15.6 Å². The molecular formula is C16H12FN3O4. The van der Waals surface area contributed by atoms with Gasteiger partial charge in [-0.05, 0) is 30.7 Å². The molecule has 0 fully saturated rings. The molecule has 0 saturated carbocycles. The minimum Gasteiger partial charge on any atom is -0.449 e. The van der Waals surface area contributed by atoms with Gasteiger partial charge in [0.25, 0.3) is 0 Å². The van der Waals surface area contributed by atoms with E-state index in [2.05, 4.69) is 9.72 Å². The van der Waals surface area contributed by atoms with Crippen LogP contribution in [0.5, 0.6) is 5.75 Å². The number of hydrogen-bond acceptors (Lipinski definition) is 5. The summed E-state index contributed by atoms with van der Waals surface area (Å²) in [4.78, 5) is 27.8. The molecule has 122 valence electrons. The summed E-state index contributed by atoms with van der Waals surface area (Å²) in [5.41, 5.74) is 5.48. The van der Waals surface area contributed by atoms with E-state index in [1.165, 1.54) is 18.3 Å². The Hall–Kier alpha value is -3.42. The summed E-state index contributed by atoms with van der Waals surface area (Å²) in [6, 6.07) is 7.27. The van der Waals surface area contributed by atoms with E-state index >= 15 is 0 Å². The lowest BCUT2D eigenvalue weighted by Gasteiger charge is -2.13. The Morgan fingerprint density at radius 2 is 2.08 bits per heavy atom. The third kappa shape index (κ3) is 2.43. The molecule has 0 spiro atoms. The van der Waals surface area contributed by atoms with Crippen LogP contribution >= 0.6 is 0 Å². The molecule has 3 N–H and O–H groups in total. The van der Waals surface area contributed by atoms with Crippen LogP contribution in [0.3, 0.4) is 0 Å². The van der Waals surface area contributed by atoms with Crippen molar-refractivity contribution in [1.82, 2.24) is 9.38 Å². The molecule has 0 aliphatic rings. The maximum atomic E-state index is 14.3. The van der Waals surface area contributed by atoms with Crippen molar-refractivity contribution in [3.63, 3.8) is 0 Å².